The smallest absolute Gasteiger partial charge is 0.225 e. The van der Waals surface area contributed by atoms with E-state index in [1.807, 2.05) is 30.0 Å². The van der Waals surface area contributed by atoms with Gasteiger partial charge in [0.15, 0.2) is 0 Å². The van der Waals surface area contributed by atoms with Crippen LogP contribution >= 0.6 is 0 Å². The van der Waals surface area contributed by atoms with Crippen LogP contribution in [-0.2, 0) is 20.7 Å². The molecule has 1 unspecified atom stereocenters. The fourth-order valence-electron chi connectivity index (χ4n) is 4.23. The summed E-state index contributed by atoms with van der Waals surface area (Å²) in [4.78, 5) is 26.6. The number of carbonyl (C=O) groups is 2. The largest absolute Gasteiger partial charge is 0.381 e. The Morgan fingerprint density at radius 1 is 1.28 bits per heavy atom. The molecule has 2 fully saturated rings. The molecule has 5 nitrogen and oxygen atoms in total. The van der Waals surface area contributed by atoms with E-state index in [1.54, 1.807) is 6.92 Å². The normalized spacial score (nSPS) is 23.4. The van der Waals surface area contributed by atoms with E-state index in [4.69, 9.17) is 4.74 Å². The summed E-state index contributed by atoms with van der Waals surface area (Å²) in [5.41, 5.74) is 1.15. The van der Waals surface area contributed by atoms with Crippen molar-refractivity contribution in [3.63, 3.8) is 0 Å². The molecule has 0 aromatic heterocycles. The van der Waals surface area contributed by atoms with E-state index >= 15 is 0 Å². The lowest BCUT2D eigenvalue weighted by Crippen LogP contribution is -2.49. The van der Waals surface area contributed by atoms with Gasteiger partial charge in [0.05, 0.1) is 6.04 Å². The first-order valence-electron chi connectivity index (χ1n) is 9.18. The van der Waals surface area contributed by atoms with E-state index in [0.29, 0.717) is 19.8 Å². The second-order valence-corrected chi connectivity index (χ2v) is 7.54. The lowest BCUT2D eigenvalue weighted by atomic mass is 9.76. The lowest BCUT2D eigenvalue weighted by molar-refractivity contribution is -0.134. The summed E-state index contributed by atoms with van der Waals surface area (Å²) in [7, 11) is 0. The minimum Gasteiger partial charge on any atom is -0.381 e. The van der Waals surface area contributed by atoms with Crippen molar-refractivity contribution in [2.24, 2.45) is 11.3 Å². The van der Waals surface area contributed by atoms with Gasteiger partial charge in [0.1, 0.15) is 0 Å². The molecule has 5 heteroatoms. The SMILES string of the molecule is CC(=O)NC1CN(C(=O)[C@H](C)Cc2ccccc2)CC12CCOCC2. The van der Waals surface area contributed by atoms with Crippen molar-refractivity contribution in [3.8, 4) is 0 Å². The van der Waals surface area contributed by atoms with Gasteiger partial charge in [-0.2, -0.15) is 0 Å². The topological polar surface area (TPSA) is 58.6 Å². The summed E-state index contributed by atoms with van der Waals surface area (Å²) in [5, 5.41) is 3.09. The van der Waals surface area contributed by atoms with Crippen LogP contribution in [0.2, 0.25) is 0 Å². The number of amides is 2. The third kappa shape index (κ3) is 4.03. The number of hydrogen-bond donors (Lipinski definition) is 1. The Morgan fingerprint density at radius 2 is 1.96 bits per heavy atom. The predicted molar refractivity (Wildman–Crippen MR) is 96.0 cm³/mol. The molecular formula is C20H28N2O3. The minimum absolute atomic E-state index is 0.0255. The van der Waals surface area contributed by atoms with Gasteiger partial charge in [-0.05, 0) is 24.8 Å². The van der Waals surface area contributed by atoms with Crippen molar-refractivity contribution >= 4 is 11.8 Å². The van der Waals surface area contributed by atoms with E-state index < -0.39 is 0 Å². The number of benzene rings is 1. The number of hydrogen-bond acceptors (Lipinski definition) is 3. The Labute approximate surface area is 149 Å². The fraction of sp³-hybridized carbons (Fsp3) is 0.600. The zero-order valence-corrected chi connectivity index (χ0v) is 15.2. The van der Waals surface area contributed by atoms with Crippen LogP contribution in [0.25, 0.3) is 0 Å². The summed E-state index contributed by atoms with van der Waals surface area (Å²) < 4.78 is 5.52. The van der Waals surface area contributed by atoms with Crippen LogP contribution in [0.1, 0.15) is 32.3 Å². The summed E-state index contributed by atoms with van der Waals surface area (Å²) in [6.07, 6.45) is 2.54. The van der Waals surface area contributed by atoms with Gasteiger partial charge in [-0.15, -0.1) is 0 Å². The van der Waals surface area contributed by atoms with Gasteiger partial charge in [0.25, 0.3) is 0 Å². The Bertz CT molecular complexity index is 611. The van der Waals surface area contributed by atoms with E-state index in [9.17, 15) is 9.59 Å². The van der Waals surface area contributed by atoms with Gasteiger partial charge >= 0.3 is 0 Å². The highest BCUT2D eigenvalue weighted by Crippen LogP contribution is 2.40. The van der Waals surface area contributed by atoms with Crippen molar-refractivity contribution in [2.75, 3.05) is 26.3 Å². The molecule has 136 valence electrons. The van der Waals surface area contributed by atoms with E-state index in [0.717, 1.165) is 25.8 Å². The van der Waals surface area contributed by atoms with Crippen molar-refractivity contribution < 1.29 is 14.3 Å². The lowest BCUT2D eigenvalue weighted by Gasteiger charge is -2.37. The molecule has 0 saturated carbocycles. The molecule has 0 bridgehead atoms. The molecule has 2 heterocycles. The molecule has 2 aliphatic rings. The molecule has 2 aliphatic heterocycles. The highest BCUT2D eigenvalue weighted by atomic mass is 16.5. The van der Waals surface area contributed by atoms with Crippen LogP contribution in [-0.4, -0.2) is 49.1 Å². The summed E-state index contributed by atoms with van der Waals surface area (Å²) in [5.74, 6) is 0.0976. The second kappa shape index (κ2) is 7.56. The Kier molecular flexibility index (Phi) is 5.42. The average molecular weight is 344 g/mol. The van der Waals surface area contributed by atoms with Crippen LogP contribution in [0.4, 0.5) is 0 Å². The zero-order valence-electron chi connectivity index (χ0n) is 15.2. The summed E-state index contributed by atoms with van der Waals surface area (Å²) in [6.45, 7) is 6.29. The molecule has 1 aromatic carbocycles. The number of ether oxygens (including phenoxy) is 1. The molecule has 2 saturated heterocycles. The Balaban J connectivity index is 1.69. The first kappa shape index (κ1) is 17.9. The van der Waals surface area contributed by atoms with Crippen molar-refractivity contribution in [3.05, 3.63) is 35.9 Å². The zero-order chi connectivity index (χ0) is 17.9. The van der Waals surface area contributed by atoms with Gasteiger partial charge in [0, 0.05) is 44.6 Å². The van der Waals surface area contributed by atoms with Gasteiger partial charge in [-0.3, -0.25) is 9.59 Å². The van der Waals surface area contributed by atoms with E-state index in [1.165, 1.54) is 5.56 Å². The molecule has 1 aromatic rings. The highest BCUT2D eigenvalue weighted by Gasteiger charge is 2.49. The fourth-order valence-corrected chi connectivity index (χ4v) is 4.23. The third-order valence-corrected chi connectivity index (χ3v) is 5.63. The molecule has 1 spiro atoms. The molecule has 0 radical (unpaired) electrons. The molecular weight excluding hydrogens is 316 g/mol. The predicted octanol–water partition coefficient (Wildman–Crippen LogP) is 2.01. The monoisotopic (exact) mass is 344 g/mol. The van der Waals surface area contributed by atoms with Crippen LogP contribution in [0.15, 0.2) is 30.3 Å². The van der Waals surface area contributed by atoms with Gasteiger partial charge in [-0.25, -0.2) is 0 Å². The Morgan fingerprint density at radius 3 is 2.60 bits per heavy atom. The van der Waals surface area contributed by atoms with E-state index in [2.05, 4.69) is 17.4 Å². The third-order valence-electron chi connectivity index (χ3n) is 5.63. The van der Waals surface area contributed by atoms with Crippen LogP contribution in [0, 0.1) is 11.3 Å². The first-order chi connectivity index (χ1) is 12.0. The number of nitrogens with zero attached hydrogens (tertiary/aromatic N) is 1. The van der Waals surface area contributed by atoms with Gasteiger partial charge < -0.3 is 15.0 Å². The maximum atomic E-state index is 13.0. The van der Waals surface area contributed by atoms with Gasteiger partial charge in [-0.1, -0.05) is 37.3 Å². The Hall–Kier alpha value is -1.88. The number of nitrogens with one attached hydrogen (secondary N) is 1. The maximum absolute atomic E-state index is 13.0. The minimum atomic E-state index is -0.0598. The molecule has 25 heavy (non-hydrogen) atoms. The summed E-state index contributed by atoms with van der Waals surface area (Å²) in [6, 6.07) is 10.2. The quantitative estimate of drug-likeness (QED) is 0.909. The van der Waals surface area contributed by atoms with Gasteiger partial charge in [0.2, 0.25) is 11.8 Å². The molecule has 3 rings (SSSR count). The number of rotatable bonds is 4. The van der Waals surface area contributed by atoms with Crippen molar-refractivity contribution in [1.82, 2.24) is 10.2 Å². The standard InChI is InChI=1S/C20H28N2O3/c1-15(12-17-6-4-3-5-7-17)19(24)22-13-18(21-16(2)23)20(14-22)8-10-25-11-9-20/h3-7,15,18H,8-14H2,1-2H3,(H,21,23)/t15-,18?/m1/s1. The van der Waals surface area contributed by atoms with Crippen LogP contribution in [0.5, 0.6) is 0 Å². The molecule has 1 N–H and O–H groups in total. The molecule has 0 aliphatic carbocycles. The number of carbonyl (C=O) groups excluding carboxylic acids is 2. The second-order valence-electron chi connectivity index (χ2n) is 7.54. The highest BCUT2D eigenvalue weighted by molar-refractivity contribution is 5.80. The van der Waals surface area contributed by atoms with Crippen LogP contribution < -0.4 is 5.32 Å². The summed E-state index contributed by atoms with van der Waals surface area (Å²) >= 11 is 0. The first-order valence-corrected chi connectivity index (χ1v) is 9.18. The van der Waals surface area contributed by atoms with Crippen LogP contribution in [0.3, 0.4) is 0 Å². The van der Waals surface area contributed by atoms with E-state index in [-0.39, 0.29) is 29.2 Å². The van der Waals surface area contributed by atoms with Crippen molar-refractivity contribution in [2.45, 2.75) is 39.2 Å². The molecule has 2 atom stereocenters. The maximum Gasteiger partial charge on any atom is 0.225 e. The number of likely N-dealkylation sites (tertiary alicyclic amines) is 1. The van der Waals surface area contributed by atoms with Crippen molar-refractivity contribution in [1.29, 1.82) is 0 Å². The molecule has 2 amide bonds. The average Bonchev–Trinajstić information content (AvgIpc) is 2.93.